The Bertz CT molecular complexity index is 165. The van der Waals surface area contributed by atoms with Crippen molar-refractivity contribution in [3.63, 3.8) is 0 Å². The third-order valence-corrected chi connectivity index (χ3v) is 2.37. The Morgan fingerprint density at radius 1 is 1.55 bits per heavy atom. The maximum Gasteiger partial charge on any atom is 0.221 e. The van der Waals surface area contributed by atoms with Crippen LogP contribution in [-0.4, -0.2) is 25.0 Å². The van der Waals surface area contributed by atoms with E-state index in [9.17, 15) is 4.79 Å². The third-order valence-electron chi connectivity index (χ3n) is 2.37. The second kappa shape index (κ2) is 2.81. The summed E-state index contributed by atoms with van der Waals surface area (Å²) in [5.41, 5.74) is 0. The number of hydrogen-bond acceptors (Lipinski definition) is 2. The van der Waals surface area contributed by atoms with Crippen molar-refractivity contribution in [2.24, 2.45) is 5.92 Å². The molecule has 3 nitrogen and oxygen atoms in total. The van der Waals surface area contributed by atoms with Crippen molar-refractivity contribution in [1.29, 1.82) is 0 Å². The number of rotatable bonds is 3. The maximum atomic E-state index is 10.8. The molecule has 0 aromatic heterocycles. The van der Waals surface area contributed by atoms with E-state index >= 15 is 0 Å². The molecule has 2 aliphatic rings. The van der Waals surface area contributed by atoms with Crippen LogP contribution in [0.5, 0.6) is 0 Å². The van der Waals surface area contributed by atoms with E-state index in [4.69, 9.17) is 0 Å². The third kappa shape index (κ3) is 1.93. The van der Waals surface area contributed by atoms with Gasteiger partial charge in [-0.3, -0.25) is 4.79 Å². The lowest BCUT2D eigenvalue weighted by Crippen LogP contribution is -2.32. The predicted octanol–water partition coefficient (Wildman–Crippen LogP) is -0.126. The van der Waals surface area contributed by atoms with E-state index in [1.807, 2.05) is 0 Å². The highest BCUT2D eigenvalue weighted by Gasteiger charge is 2.25. The highest BCUT2D eigenvalue weighted by atomic mass is 16.1. The van der Waals surface area contributed by atoms with Gasteiger partial charge in [-0.25, -0.2) is 0 Å². The molecule has 1 saturated heterocycles. The van der Waals surface area contributed by atoms with E-state index in [1.165, 1.54) is 12.8 Å². The Balaban J connectivity index is 1.65. The Labute approximate surface area is 66.5 Å². The van der Waals surface area contributed by atoms with Gasteiger partial charge in [-0.2, -0.15) is 0 Å². The summed E-state index contributed by atoms with van der Waals surface area (Å²) < 4.78 is 0. The van der Waals surface area contributed by atoms with Crippen LogP contribution in [0.4, 0.5) is 0 Å². The highest BCUT2D eigenvalue weighted by Crippen LogP contribution is 2.27. The molecule has 1 amide bonds. The van der Waals surface area contributed by atoms with Gasteiger partial charge < -0.3 is 10.6 Å². The summed E-state index contributed by atoms with van der Waals surface area (Å²) in [5.74, 6) is 1.10. The fourth-order valence-electron chi connectivity index (χ4n) is 1.40. The zero-order valence-electron chi connectivity index (χ0n) is 6.60. The molecular weight excluding hydrogens is 140 g/mol. The molecule has 2 N–H and O–H groups in total. The summed E-state index contributed by atoms with van der Waals surface area (Å²) in [5, 5.41) is 6.20. The van der Waals surface area contributed by atoms with Crippen LogP contribution in [-0.2, 0) is 4.79 Å². The van der Waals surface area contributed by atoms with Crippen molar-refractivity contribution < 1.29 is 4.79 Å². The summed E-state index contributed by atoms with van der Waals surface area (Å²) in [4.78, 5) is 10.8. The van der Waals surface area contributed by atoms with Crippen LogP contribution >= 0.6 is 0 Å². The van der Waals surface area contributed by atoms with Crippen molar-refractivity contribution in [2.45, 2.75) is 25.3 Å². The summed E-state index contributed by atoms with van der Waals surface area (Å²) in [7, 11) is 0. The quantitative estimate of drug-likeness (QED) is 0.594. The highest BCUT2D eigenvalue weighted by molar-refractivity contribution is 5.78. The Morgan fingerprint density at radius 2 is 2.36 bits per heavy atom. The van der Waals surface area contributed by atoms with Crippen molar-refractivity contribution >= 4 is 5.91 Å². The number of amides is 1. The van der Waals surface area contributed by atoms with E-state index in [2.05, 4.69) is 10.6 Å². The zero-order valence-corrected chi connectivity index (χ0v) is 6.60. The van der Waals surface area contributed by atoms with Crippen molar-refractivity contribution in [3.8, 4) is 0 Å². The molecule has 62 valence electrons. The van der Waals surface area contributed by atoms with Crippen LogP contribution in [0.25, 0.3) is 0 Å². The van der Waals surface area contributed by atoms with E-state index < -0.39 is 0 Å². The Morgan fingerprint density at radius 3 is 2.91 bits per heavy atom. The molecule has 2 rings (SSSR count). The molecule has 1 heterocycles. The lowest BCUT2D eigenvalue weighted by atomic mass is 10.2. The standard InChI is InChI=1S/C8H14N2O/c11-8-3-7(5-10-8)9-4-6-1-2-6/h6-7,9H,1-5H2,(H,10,11). The van der Waals surface area contributed by atoms with Crippen LogP contribution < -0.4 is 10.6 Å². The number of carbonyl (C=O) groups excluding carboxylic acids is 1. The topological polar surface area (TPSA) is 41.1 Å². The normalized spacial score (nSPS) is 30.5. The fraction of sp³-hybridized carbons (Fsp3) is 0.875. The first-order valence-corrected chi connectivity index (χ1v) is 4.34. The van der Waals surface area contributed by atoms with E-state index in [0.717, 1.165) is 19.0 Å². The number of carbonyl (C=O) groups is 1. The lowest BCUT2D eigenvalue weighted by Gasteiger charge is -2.08. The summed E-state index contributed by atoms with van der Waals surface area (Å²) in [6, 6.07) is 0.406. The summed E-state index contributed by atoms with van der Waals surface area (Å²) >= 11 is 0. The van der Waals surface area contributed by atoms with E-state index in [1.54, 1.807) is 0 Å². The van der Waals surface area contributed by atoms with Crippen molar-refractivity contribution in [1.82, 2.24) is 10.6 Å². The van der Waals surface area contributed by atoms with Crippen LogP contribution in [0.3, 0.4) is 0 Å². The molecule has 1 saturated carbocycles. The Hall–Kier alpha value is -0.570. The van der Waals surface area contributed by atoms with Crippen molar-refractivity contribution in [3.05, 3.63) is 0 Å². The molecule has 1 aliphatic heterocycles. The van der Waals surface area contributed by atoms with Crippen molar-refractivity contribution in [2.75, 3.05) is 13.1 Å². The van der Waals surface area contributed by atoms with Gasteiger partial charge >= 0.3 is 0 Å². The molecule has 1 unspecified atom stereocenters. The van der Waals surface area contributed by atoms with Gasteiger partial charge in [0.2, 0.25) is 5.91 Å². The minimum atomic E-state index is 0.193. The lowest BCUT2D eigenvalue weighted by molar-refractivity contribution is -0.119. The van der Waals surface area contributed by atoms with Gasteiger partial charge in [-0.1, -0.05) is 0 Å². The van der Waals surface area contributed by atoms with Gasteiger partial charge in [0.1, 0.15) is 0 Å². The first kappa shape index (κ1) is 7.10. The SMILES string of the molecule is O=C1CC(NCC2CC2)CN1. The molecule has 1 atom stereocenters. The summed E-state index contributed by atoms with van der Waals surface area (Å²) in [6.07, 6.45) is 3.43. The van der Waals surface area contributed by atoms with Gasteiger partial charge in [0, 0.05) is 19.0 Å². The van der Waals surface area contributed by atoms with Gasteiger partial charge in [-0.15, -0.1) is 0 Å². The number of nitrogens with one attached hydrogen (secondary N) is 2. The average Bonchev–Trinajstić information content (AvgIpc) is 2.72. The van der Waals surface area contributed by atoms with Gasteiger partial charge in [0.15, 0.2) is 0 Å². The molecule has 0 aromatic rings. The second-order valence-electron chi connectivity index (χ2n) is 3.56. The molecule has 0 spiro atoms. The van der Waals surface area contributed by atoms with E-state index in [-0.39, 0.29) is 5.91 Å². The first-order valence-electron chi connectivity index (χ1n) is 4.34. The summed E-state index contributed by atoms with van der Waals surface area (Å²) in [6.45, 7) is 1.94. The smallest absolute Gasteiger partial charge is 0.221 e. The van der Waals surface area contributed by atoms with Gasteiger partial charge in [0.05, 0.1) is 0 Å². The van der Waals surface area contributed by atoms with Crippen LogP contribution in [0, 0.1) is 5.92 Å². The predicted molar refractivity (Wildman–Crippen MR) is 42.1 cm³/mol. The molecular formula is C8H14N2O. The molecule has 1 aliphatic carbocycles. The monoisotopic (exact) mass is 154 g/mol. The molecule has 11 heavy (non-hydrogen) atoms. The van der Waals surface area contributed by atoms with Gasteiger partial charge in [0.25, 0.3) is 0 Å². The average molecular weight is 154 g/mol. The molecule has 2 fully saturated rings. The van der Waals surface area contributed by atoms with Crippen LogP contribution in [0.2, 0.25) is 0 Å². The molecule has 0 aromatic carbocycles. The van der Waals surface area contributed by atoms with Gasteiger partial charge in [-0.05, 0) is 25.3 Å². The zero-order chi connectivity index (χ0) is 7.68. The minimum absolute atomic E-state index is 0.193. The molecule has 0 bridgehead atoms. The largest absolute Gasteiger partial charge is 0.354 e. The number of hydrogen-bond donors (Lipinski definition) is 2. The second-order valence-corrected chi connectivity index (χ2v) is 3.56. The maximum absolute atomic E-state index is 10.8. The van der Waals surface area contributed by atoms with Crippen LogP contribution in [0.15, 0.2) is 0 Å². The fourth-order valence-corrected chi connectivity index (χ4v) is 1.40. The Kier molecular flexibility index (Phi) is 1.82. The molecule has 0 radical (unpaired) electrons. The molecule has 3 heteroatoms. The first-order chi connectivity index (χ1) is 5.34. The van der Waals surface area contributed by atoms with Crippen LogP contribution in [0.1, 0.15) is 19.3 Å². The van der Waals surface area contributed by atoms with E-state index in [0.29, 0.717) is 12.5 Å². The minimum Gasteiger partial charge on any atom is -0.354 e.